The molecule has 0 aliphatic rings. The van der Waals surface area contributed by atoms with Crippen LogP contribution in [0.2, 0.25) is 0 Å². The van der Waals surface area contributed by atoms with Gasteiger partial charge < -0.3 is 14.3 Å². The van der Waals surface area contributed by atoms with Gasteiger partial charge in [-0.05, 0) is 36.2 Å². The Labute approximate surface area is 164 Å². The molecular formula is C24H24N2O2. The lowest BCUT2D eigenvalue weighted by Crippen LogP contribution is -2.24. The van der Waals surface area contributed by atoms with E-state index in [9.17, 15) is 4.79 Å². The van der Waals surface area contributed by atoms with Crippen molar-refractivity contribution in [2.45, 2.75) is 25.8 Å². The first-order valence-corrected chi connectivity index (χ1v) is 9.51. The Kier molecular flexibility index (Phi) is 5.02. The van der Waals surface area contributed by atoms with E-state index in [0.29, 0.717) is 13.0 Å². The molecule has 28 heavy (non-hydrogen) atoms. The third-order valence-electron chi connectivity index (χ3n) is 5.21. The third kappa shape index (κ3) is 3.72. The summed E-state index contributed by atoms with van der Waals surface area (Å²) in [5.74, 6) is 0.753. The summed E-state index contributed by atoms with van der Waals surface area (Å²) in [6, 6.07) is 20.5. The molecule has 2 aromatic heterocycles. The Morgan fingerprint density at radius 2 is 1.86 bits per heavy atom. The van der Waals surface area contributed by atoms with Crippen LogP contribution in [0.4, 0.5) is 0 Å². The van der Waals surface area contributed by atoms with Crippen molar-refractivity contribution in [1.29, 1.82) is 0 Å². The summed E-state index contributed by atoms with van der Waals surface area (Å²) in [6.45, 7) is 2.48. The Morgan fingerprint density at radius 1 is 1.07 bits per heavy atom. The van der Waals surface area contributed by atoms with E-state index >= 15 is 0 Å². The standard InChI is InChI=1S/C24H24N2O2/c1-17-9-11-18(12-10-17)21(14-24(27)25-15-19-6-5-13-28-19)22-16-26(2)23-8-4-3-7-20(22)23/h3-13,16,21H,14-15H2,1-2H3,(H,25,27). The van der Waals surface area contributed by atoms with Gasteiger partial charge in [-0.15, -0.1) is 0 Å². The van der Waals surface area contributed by atoms with Gasteiger partial charge in [0.05, 0.1) is 12.8 Å². The first-order valence-electron chi connectivity index (χ1n) is 9.51. The van der Waals surface area contributed by atoms with E-state index in [1.807, 2.05) is 18.2 Å². The molecule has 0 aliphatic carbocycles. The van der Waals surface area contributed by atoms with Crippen LogP contribution in [0.25, 0.3) is 10.9 Å². The zero-order chi connectivity index (χ0) is 19.5. The van der Waals surface area contributed by atoms with Crippen LogP contribution in [0.1, 0.15) is 34.8 Å². The molecule has 4 rings (SSSR count). The Bertz CT molecular complexity index is 1080. The molecule has 142 valence electrons. The molecule has 1 amide bonds. The summed E-state index contributed by atoms with van der Waals surface area (Å²) in [4.78, 5) is 12.7. The number of carbonyl (C=O) groups is 1. The fourth-order valence-electron chi connectivity index (χ4n) is 3.71. The quantitative estimate of drug-likeness (QED) is 0.522. The maximum atomic E-state index is 12.7. The first-order chi connectivity index (χ1) is 13.6. The number of nitrogens with one attached hydrogen (secondary N) is 1. The molecule has 1 atom stereocenters. The lowest BCUT2D eigenvalue weighted by molar-refractivity contribution is -0.121. The number of rotatable bonds is 6. The number of carbonyl (C=O) groups excluding carboxylic acids is 1. The summed E-state index contributed by atoms with van der Waals surface area (Å²) >= 11 is 0. The Hall–Kier alpha value is -3.27. The van der Waals surface area contributed by atoms with E-state index in [1.165, 1.54) is 22.0 Å². The summed E-state index contributed by atoms with van der Waals surface area (Å²) in [5, 5.41) is 4.17. The molecule has 4 heteroatoms. The van der Waals surface area contributed by atoms with E-state index in [1.54, 1.807) is 6.26 Å². The van der Waals surface area contributed by atoms with Gasteiger partial charge in [0.15, 0.2) is 0 Å². The van der Waals surface area contributed by atoms with Gasteiger partial charge in [0.25, 0.3) is 0 Å². The summed E-state index contributed by atoms with van der Waals surface area (Å²) < 4.78 is 7.45. The average Bonchev–Trinajstić information content (AvgIpc) is 3.34. The minimum Gasteiger partial charge on any atom is -0.467 e. The smallest absolute Gasteiger partial charge is 0.221 e. The highest BCUT2D eigenvalue weighted by Gasteiger charge is 2.22. The fraction of sp³-hybridized carbons (Fsp3) is 0.208. The zero-order valence-electron chi connectivity index (χ0n) is 16.2. The van der Waals surface area contributed by atoms with Gasteiger partial charge in [-0.1, -0.05) is 48.0 Å². The Balaban J connectivity index is 1.65. The third-order valence-corrected chi connectivity index (χ3v) is 5.21. The molecule has 0 fully saturated rings. The highest BCUT2D eigenvalue weighted by Crippen LogP contribution is 2.34. The summed E-state index contributed by atoms with van der Waals surface area (Å²) in [5.41, 5.74) is 4.71. The molecular weight excluding hydrogens is 348 g/mol. The van der Waals surface area contributed by atoms with Crippen molar-refractivity contribution in [1.82, 2.24) is 9.88 Å². The number of para-hydroxylation sites is 1. The van der Waals surface area contributed by atoms with Crippen molar-refractivity contribution < 1.29 is 9.21 Å². The van der Waals surface area contributed by atoms with Gasteiger partial charge in [0.1, 0.15) is 5.76 Å². The highest BCUT2D eigenvalue weighted by atomic mass is 16.3. The zero-order valence-corrected chi connectivity index (χ0v) is 16.2. The van der Waals surface area contributed by atoms with Crippen molar-refractivity contribution in [3.05, 3.63) is 95.6 Å². The van der Waals surface area contributed by atoms with Crippen LogP contribution in [-0.2, 0) is 18.4 Å². The van der Waals surface area contributed by atoms with Gasteiger partial charge in [0.2, 0.25) is 5.91 Å². The minimum absolute atomic E-state index is 0.00918. The number of hydrogen-bond donors (Lipinski definition) is 1. The fourth-order valence-corrected chi connectivity index (χ4v) is 3.71. The van der Waals surface area contributed by atoms with Crippen LogP contribution in [-0.4, -0.2) is 10.5 Å². The highest BCUT2D eigenvalue weighted by molar-refractivity contribution is 5.86. The predicted molar refractivity (Wildman–Crippen MR) is 111 cm³/mol. The number of amides is 1. The summed E-state index contributed by atoms with van der Waals surface area (Å²) in [6.07, 6.45) is 4.15. The van der Waals surface area contributed by atoms with E-state index in [0.717, 1.165) is 11.3 Å². The second-order valence-electron chi connectivity index (χ2n) is 7.24. The maximum Gasteiger partial charge on any atom is 0.221 e. The van der Waals surface area contributed by atoms with Crippen LogP contribution < -0.4 is 5.32 Å². The lowest BCUT2D eigenvalue weighted by atomic mass is 9.87. The van der Waals surface area contributed by atoms with Crippen molar-refractivity contribution in [2.24, 2.45) is 7.05 Å². The second kappa shape index (κ2) is 7.77. The average molecular weight is 372 g/mol. The van der Waals surface area contributed by atoms with Crippen LogP contribution in [0, 0.1) is 6.92 Å². The van der Waals surface area contributed by atoms with Gasteiger partial charge in [-0.2, -0.15) is 0 Å². The van der Waals surface area contributed by atoms with Crippen molar-refractivity contribution >= 4 is 16.8 Å². The molecule has 1 N–H and O–H groups in total. The van der Waals surface area contributed by atoms with Crippen LogP contribution >= 0.6 is 0 Å². The van der Waals surface area contributed by atoms with Crippen molar-refractivity contribution in [3.63, 3.8) is 0 Å². The molecule has 0 radical (unpaired) electrons. The molecule has 0 saturated heterocycles. The second-order valence-corrected chi connectivity index (χ2v) is 7.24. The predicted octanol–water partition coefficient (Wildman–Crippen LogP) is 4.92. The van der Waals surface area contributed by atoms with Gasteiger partial charge in [-0.25, -0.2) is 0 Å². The molecule has 4 nitrogen and oxygen atoms in total. The summed E-state index contributed by atoms with van der Waals surface area (Å²) in [7, 11) is 2.05. The number of hydrogen-bond acceptors (Lipinski definition) is 2. The van der Waals surface area contributed by atoms with Gasteiger partial charge >= 0.3 is 0 Å². The topological polar surface area (TPSA) is 47.2 Å². The molecule has 2 heterocycles. The Morgan fingerprint density at radius 3 is 2.61 bits per heavy atom. The number of nitrogens with zero attached hydrogens (tertiary/aromatic N) is 1. The monoisotopic (exact) mass is 372 g/mol. The SMILES string of the molecule is Cc1ccc(C(CC(=O)NCc2ccco2)c2cn(C)c3ccccc23)cc1. The maximum absolute atomic E-state index is 12.7. The number of benzene rings is 2. The van der Waals surface area contributed by atoms with Gasteiger partial charge in [-0.3, -0.25) is 4.79 Å². The van der Waals surface area contributed by atoms with E-state index in [2.05, 4.69) is 72.5 Å². The normalized spacial score (nSPS) is 12.2. The van der Waals surface area contributed by atoms with Gasteiger partial charge in [0, 0.05) is 36.5 Å². The molecule has 0 bridgehead atoms. The van der Waals surface area contributed by atoms with Crippen LogP contribution in [0.3, 0.4) is 0 Å². The lowest BCUT2D eigenvalue weighted by Gasteiger charge is -2.17. The number of fused-ring (bicyclic) bond motifs is 1. The number of aryl methyl sites for hydroxylation is 2. The number of aromatic nitrogens is 1. The minimum atomic E-state index is -0.0108. The molecule has 0 saturated carbocycles. The molecule has 0 spiro atoms. The van der Waals surface area contributed by atoms with Crippen molar-refractivity contribution in [3.8, 4) is 0 Å². The number of furan rings is 1. The van der Waals surface area contributed by atoms with Crippen LogP contribution in [0.5, 0.6) is 0 Å². The molecule has 2 aromatic carbocycles. The first kappa shape index (κ1) is 18.1. The van der Waals surface area contributed by atoms with E-state index in [-0.39, 0.29) is 11.8 Å². The van der Waals surface area contributed by atoms with E-state index < -0.39 is 0 Å². The van der Waals surface area contributed by atoms with Crippen LogP contribution in [0.15, 0.2) is 77.5 Å². The van der Waals surface area contributed by atoms with Crippen molar-refractivity contribution in [2.75, 3.05) is 0 Å². The molecule has 0 aliphatic heterocycles. The molecule has 1 unspecified atom stereocenters. The largest absolute Gasteiger partial charge is 0.467 e. The van der Waals surface area contributed by atoms with E-state index in [4.69, 9.17) is 4.42 Å². The molecule has 4 aromatic rings.